The molecule has 0 spiro atoms. The number of carbonyl (C=O) groups excluding carboxylic acids is 1. The molecule has 2 aromatic rings. The van der Waals surface area contributed by atoms with E-state index >= 15 is 0 Å². The van der Waals surface area contributed by atoms with Gasteiger partial charge < -0.3 is 15.2 Å². The van der Waals surface area contributed by atoms with Crippen LogP contribution in [0.3, 0.4) is 0 Å². The molecule has 0 aliphatic carbocycles. The van der Waals surface area contributed by atoms with Gasteiger partial charge in [0.2, 0.25) is 0 Å². The van der Waals surface area contributed by atoms with E-state index in [1.165, 1.54) is 24.3 Å². The molecule has 2 unspecified atom stereocenters. The van der Waals surface area contributed by atoms with Crippen molar-refractivity contribution in [3.63, 3.8) is 0 Å². The van der Waals surface area contributed by atoms with Gasteiger partial charge in [-0.1, -0.05) is 26.0 Å². The summed E-state index contributed by atoms with van der Waals surface area (Å²) in [6.07, 6.45) is -5.44. The van der Waals surface area contributed by atoms with Crippen molar-refractivity contribution in [1.29, 1.82) is 5.26 Å². The summed E-state index contributed by atoms with van der Waals surface area (Å²) in [6.45, 7) is 5.49. The van der Waals surface area contributed by atoms with Crippen LogP contribution in [-0.4, -0.2) is 17.1 Å². The van der Waals surface area contributed by atoms with Crippen molar-refractivity contribution in [2.45, 2.75) is 45.5 Å². The molecule has 2 rings (SSSR count). The number of aromatic hydroxyl groups is 1. The molecule has 0 fully saturated rings. The Hall–Kier alpha value is -3.21. The van der Waals surface area contributed by atoms with Crippen molar-refractivity contribution >= 4 is 5.91 Å². The molecule has 2 N–H and O–H groups in total. The molecule has 2 aromatic carbocycles. The van der Waals surface area contributed by atoms with Crippen molar-refractivity contribution in [1.82, 2.24) is 5.32 Å². The number of hydrogen-bond acceptors (Lipinski definition) is 4. The molecule has 0 heterocycles. The van der Waals surface area contributed by atoms with Crippen LogP contribution in [0.1, 0.15) is 49.9 Å². The SMILES string of the molecule is CC(C)CC(Oc1ccc(C#N)c(C(F)(F)F)c1)C(=O)NC(C)c1ccc(O)cc1. The largest absolute Gasteiger partial charge is 0.508 e. The molecule has 0 bridgehead atoms. The van der Waals surface area contributed by atoms with Crippen LogP contribution in [0.15, 0.2) is 42.5 Å². The van der Waals surface area contributed by atoms with E-state index in [0.717, 1.165) is 17.7 Å². The van der Waals surface area contributed by atoms with Gasteiger partial charge in [0.15, 0.2) is 6.10 Å². The number of phenolic OH excluding ortho intramolecular Hbond substituents is 1. The van der Waals surface area contributed by atoms with Gasteiger partial charge in [-0.15, -0.1) is 0 Å². The average molecular weight is 420 g/mol. The molecular formula is C22H23F3N2O3. The van der Waals surface area contributed by atoms with Gasteiger partial charge in [0.1, 0.15) is 11.5 Å². The molecule has 1 amide bonds. The zero-order valence-corrected chi connectivity index (χ0v) is 16.8. The minimum absolute atomic E-state index is 0.0465. The summed E-state index contributed by atoms with van der Waals surface area (Å²) in [7, 11) is 0. The maximum Gasteiger partial charge on any atom is 0.417 e. The minimum Gasteiger partial charge on any atom is -0.508 e. The van der Waals surface area contributed by atoms with Gasteiger partial charge in [-0.05, 0) is 55.2 Å². The highest BCUT2D eigenvalue weighted by molar-refractivity contribution is 5.81. The Balaban J connectivity index is 2.22. The maximum absolute atomic E-state index is 13.2. The first-order valence-corrected chi connectivity index (χ1v) is 9.38. The second-order valence-corrected chi connectivity index (χ2v) is 7.37. The monoisotopic (exact) mass is 420 g/mol. The van der Waals surface area contributed by atoms with Gasteiger partial charge in [0, 0.05) is 0 Å². The summed E-state index contributed by atoms with van der Waals surface area (Å²) in [5.74, 6) is -0.466. The Labute approximate surface area is 173 Å². The van der Waals surface area contributed by atoms with Crippen LogP contribution in [0.2, 0.25) is 0 Å². The number of nitrogens with one attached hydrogen (secondary N) is 1. The van der Waals surface area contributed by atoms with E-state index in [0.29, 0.717) is 0 Å². The predicted molar refractivity (Wildman–Crippen MR) is 105 cm³/mol. The number of benzene rings is 2. The molecular weight excluding hydrogens is 397 g/mol. The van der Waals surface area contributed by atoms with Crippen molar-refractivity contribution < 1.29 is 27.8 Å². The van der Waals surface area contributed by atoms with E-state index in [4.69, 9.17) is 10.00 Å². The lowest BCUT2D eigenvalue weighted by Gasteiger charge is -2.23. The molecule has 2 atom stereocenters. The lowest BCUT2D eigenvalue weighted by atomic mass is 10.0. The van der Waals surface area contributed by atoms with Gasteiger partial charge in [-0.3, -0.25) is 4.79 Å². The highest BCUT2D eigenvalue weighted by Gasteiger charge is 2.34. The zero-order valence-electron chi connectivity index (χ0n) is 16.8. The molecule has 8 heteroatoms. The third-order valence-electron chi connectivity index (χ3n) is 4.42. The van der Waals surface area contributed by atoms with Crippen LogP contribution in [0.25, 0.3) is 0 Å². The van der Waals surface area contributed by atoms with Crippen LogP contribution in [0.5, 0.6) is 11.5 Å². The Morgan fingerprint density at radius 3 is 2.33 bits per heavy atom. The van der Waals surface area contributed by atoms with Crippen LogP contribution in [0.4, 0.5) is 13.2 Å². The molecule has 0 saturated carbocycles. The third-order valence-corrected chi connectivity index (χ3v) is 4.42. The molecule has 5 nitrogen and oxygen atoms in total. The number of ether oxygens (including phenoxy) is 1. The van der Waals surface area contributed by atoms with Crippen LogP contribution < -0.4 is 10.1 Å². The number of hydrogen-bond donors (Lipinski definition) is 2. The first-order valence-electron chi connectivity index (χ1n) is 9.38. The van der Waals surface area contributed by atoms with Gasteiger partial charge in [-0.25, -0.2) is 0 Å². The van der Waals surface area contributed by atoms with E-state index < -0.39 is 35.4 Å². The Morgan fingerprint density at radius 1 is 1.17 bits per heavy atom. The summed E-state index contributed by atoms with van der Waals surface area (Å²) in [4.78, 5) is 12.8. The fraction of sp³-hybridized carbons (Fsp3) is 0.364. The van der Waals surface area contributed by atoms with E-state index in [2.05, 4.69) is 5.32 Å². The second-order valence-electron chi connectivity index (χ2n) is 7.37. The van der Waals surface area contributed by atoms with Gasteiger partial charge >= 0.3 is 6.18 Å². The molecule has 0 aliphatic heterocycles. The second kappa shape index (κ2) is 9.53. The first kappa shape index (κ1) is 23.1. The average Bonchev–Trinajstić information content (AvgIpc) is 2.66. The fourth-order valence-corrected chi connectivity index (χ4v) is 2.88. The Kier molecular flexibility index (Phi) is 7.33. The summed E-state index contributed by atoms with van der Waals surface area (Å²) >= 11 is 0. The Morgan fingerprint density at radius 2 is 1.80 bits per heavy atom. The summed E-state index contributed by atoms with van der Waals surface area (Å²) in [5.41, 5.74) is -0.869. The first-order chi connectivity index (χ1) is 14.0. The van der Waals surface area contributed by atoms with Crippen molar-refractivity contribution in [3.05, 3.63) is 59.2 Å². The zero-order chi connectivity index (χ0) is 22.5. The maximum atomic E-state index is 13.2. The number of nitrogens with zero attached hydrogens (tertiary/aromatic N) is 1. The van der Waals surface area contributed by atoms with Crippen molar-refractivity contribution in [3.8, 4) is 17.6 Å². The quantitative estimate of drug-likeness (QED) is 0.664. The van der Waals surface area contributed by atoms with Crippen LogP contribution in [-0.2, 0) is 11.0 Å². The normalized spacial score (nSPS) is 13.4. The predicted octanol–water partition coefficient (Wildman–Crippen LogP) is 4.95. The van der Waals surface area contributed by atoms with Gasteiger partial charge in [0.25, 0.3) is 5.91 Å². The summed E-state index contributed by atoms with van der Waals surface area (Å²) in [6, 6.07) is 10.4. The third kappa shape index (κ3) is 6.14. The number of amides is 1. The number of phenols is 1. The summed E-state index contributed by atoms with van der Waals surface area (Å²) in [5, 5.41) is 21.1. The number of rotatable bonds is 7. The molecule has 30 heavy (non-hydrogen) atoms. The molecule has 0 saturated heterocycles. The number of nitriles is 1. The van der Waals surface area contributed by atoms with Crippen molar-refractivity contribution in [2.24, 2.45) is 5.92 Å². The standard InChI is InChI=1S/C22H23F3N2O3/c1-13(2)10-20(21(29)27-14(3)15-4-7-17(28)8-5-15)30-18-9-6-16(12-26)19(11-18)22(23,24)25/h4-9,11,13-14,20,28H,10H2,1-3H3,(H,27,29). The Bertz CT molecular complexity index is 919. The fourth-order valence-electron chi connectivity index (χ4n) is 2.88. The topological polar surface area (TPSA) is 82.3 Å². The number of halogens is 3. The lowest BCUT2D eigenvalue weighted by Crippen LogP contribution is -2.40. The van der Waals surface area contributed by atoms with Crippen LogP contribution in [0, 0.1) is 17.2 Å². The van der Waals surface area contributed by atoms with E-state index in [1.54, 1.807) is 19.1 Å². The van der Waals surface area contributed by atoms with E-state index in [9.17, 15) is 23.1 Å². The molecule has 0 aliphatic rings. The van der Waals surface area contributed by atoms with Gasteiger partial charge in [0.05, 0.1) is 23.2 Å². The molecule has 0 radical (unpaired) electrons. The highest BCUT2D eigenvalue weighted by atomic mass is 19.4. The van der Waals surface area contributed by atoms with E-state index in [1.807, 2.05) is 13.8 Å². The minimum atomic E-state index is -4.71. The lowest BCUT2D eigenvalue weighted by molar-refractivity contribution is -0.137. The van der Waals surface area contributed by atoms with E-state index in [-0.39, 0.29) is 23.8 Å². The van der Waals surface area contributed by atoms with Crippen LogP contribution >= 0.6 is 0 Å². The number of carbonyl (C=O) groups is 1. The molecule has 0 aromatic heterocycles. The number of alkyl halides is 3. The molecule has 160 valence electrons. The van der Waals surface area contributed by atoms with Crippen molar-refractivity contribution in [2.75, 3.05) is 0 Å². The smallest absolute Gasteiger partial charge is 0.417 e. The van der Waals surface area contributed by atoms with Gasteiger partial charge in [-0.2, -0.15) is 18.4 Å². The highest BCUT2D eigenvalue weighted by Crippen LogP contribution is 2.34. The summed E-state index contributed by atoms with van der Waals surface area (Å²) < 4.78 is 45.2.